The monoisotopic (exact) mass is 254 g/mol. The fourth-order valence-electron chi connectivity index (χ4n) is 1.92. The molecule has 3 aromatic rings. The highest BCUT2D eigenvalue weighted by Crippen LogP contribution is 2.31. The Morgan fingerprint density at radius 2 is 1.89 bits per heavy atom. The highest BCUT2D eigenvalue weighted by atomic mass is 19.1. The predicted molar refractivity (Wildman–Crippen MR) is 72.6 cm³/mol. The average molecular weight is 254 g/mol. The van der Waals surface area contributed by atoms with E-state index in [0.29, 0.717) is 22.7 Å². The van der Waals surface area contributed by atoms with Gasteiger partial charge in [-0.25, -0.2) is 4.39 Å². The summed E-state index contributed by atoms with van der Waals surface area (Å²) in [7, 11) is 0. The van der Waals surface area contributed by atoms with Gasteiger partial charge in [-0.2, -0.15) is 0 Å². The standard InChI is InChI=1S/C15H11FN2O/c16-10-3-1-4-11(9-10)19-14-7-8-18-15-12(14)5-2-6-13(15)17/h1-9H,17H2. The molecule has 0 spiro atoms. The predicted octanol–water partition coefficient (Wildman–Crippen LogP) is 3.75. The zero-order valence-corrected chi connectivity index (χ0v) is 10.0. The van der Waals surface area contributed by atoms with Crippen LogP contribution in [-0.2, 0) is 0 Å². The van der Waals surface area contributed by atoms with Crippen molar-refractivity contribution in [2.24, 2.45) is 0 Å². The molecule has 2 aromatic carbocycles. The lowest BCUT2D eigenvalue weighted by Gasteiger charge is -2.09. The van der Waals surface area contributed by atoms with Gasteiger partial charge in [0, 0.05) is 17.6 Å². The molecular weight excluding hydrogens is 243 g/mol. The van der Waals surface area contributed by atoms with Crippen LogP contribution in [-0.4, -0.2) is 4.98 Å². The van der Waals surface area contributed by atoms with Crippen molar-refractivity contribution < 1.29 is 9.13 Å². The second-order valence-electron chi connectivity index (χ2n) is 4.11. The maximum absolute atomic E-state index is 13.1. The lowest BCUT2D eigenvalue weighted by atomic mass is 10.2. The number of ether oxygens (including phenoxy) is 1. The molecule has 0 saturated heterocycles. The Labute approximate surface area is 109 Å². The summed E-state index contributed by atoms with van der Waals surface area (Å²) in [6.45, 7) is 0. The highest BCUT2D eigenvalue weighted by Gasteiger charge is 2.06. The molecule has 94 valence electrons. The van der Waals surface area contributed by atoms with Crippen molar-refractivity contribution >= 4 is 16.6 Å². The number of hydrogen-bond acceptors (Lipinski definition) is 3. The molecule has 0 amide bonds. The van der Waals surface area contributed by atoms with Crippen molar-refractivity contribution in [2.45, 2.75) is 0 Å². The molecule has 1 heterocycles. The Bertz CT molecular complexity index is 743. The maximum Gasteiger partial charge on any atom is 0.138 e. The van der Waals surface area contributed by atoms with Crippen LogP contribution in [0.15, 0.2) is 54.7 Å². The zero-order chi connectivity index (χ0) is 13.2. The van der Waals surface area contributed by atoms with Crippen LogP contribution in [0.3, 0.4) is 0 Å². The fraction of sp³-hybridized carbons (Fsp3) is 0. The molecule has 0 fully saturated rings. The van der Waals surface area contributed by atoms with E-state index in [0.717, 1.165) is 5.39 Å². The van der Waals surface area contributed by atoms with Gasteiger partial charge >= 0.3 is 0 Å². The number of rotatable bonds is 2. The summed E-state index contributed by atoms with van der Waals surface area (Å²) in [6.07, 6.45) is 1.62. The molecule has 0 saturated carbocycles. The van der Waals surface area contributed by atoms with Crippen LogP contribution < -0.4 is 10.5 Å². The summed E-state index contributed by atoms with van der Waals surface area (Å²) in [5.74, 6) is 0.702. The molecular formula is C15H11FN2O. The molecule has 4 heteroatoms. The van der Waals surface area contributed by atoms with Gasteiger partial charge in [0.05, 0.1) is 11.2 Å². The number of pyridine rings is 1. The largest absolute Gasteiger partial charge is 0.456 e. The van der Waals surface area contributed by atoms with Gasteiger partial charge in [0.15, 0.2) is 0 Å². The van der Waals surface area contributed by atoms with Crippen LogP contribution in [0.4, 0.5) is 10.1 Å². The van der Waals surface area contributed by atoms with E-state index < -0.39 is 0 Å². The Kier molecular flexibility index (Phi) is 2.76. The topological polar surface area (TPSA) is 48.1 Å². The number of fused-ring (bicyclic) bond motifs is 1. The van der Waals surface area contributed by atoms with Gasteiger partial charge in [-0.3, -0.25) is 4.98 Å². The third-order valence-corrected chi connectivity index (χ3v) is 2.79. The summed E-state index contributed by atoms with van der Waals surface area (Å²) in [4.78, 5) is 4.22. The van der Waals surface area contributed by atoms with Crippen LogP contribution >= 0.6 is 0 Å². The molecule has 3 nitrogen and oxygen atoms in total. The minimum Gasteiger partial charge on any atom is -0.456 e. The van der Waals surface area contributed by atoms with Crippen LogP contribution in [0.5, 0.6) is 11.5 Å². The van der Waals surface area contributed by atoms with E-state index in [1.165, 1.54) is 12.1 Å². The van der Waals surface area contributed by atoms with E-state index in [9.17, 15) is 4.39 Å². The Hall–Kier alpha value is -2.62. The lowest BCUT2D eigenvalue weighted by Crippen LogP contribution is -1.92. The minimum absolute atomic E-state index is 0.338. The molecule has 19 heavy (non-hydrogen) atoms. The van der Waals surface area contributed by atoms with Crippen molar-refractivity contribution in [1.82, 2.24) is 4.98 Å². The molecule has 3 rings (SSSR count). The van der Waals surface area contributed by atoms with E-state index in [1.807, 2.05) is 12.1 Å². The number of nitrogens with zero attached hydrogens (tertiary/aromatic N) is 1. The molecule has 0 atom stereocenters. The number of nitrogen functional groups attached to an aromatic ring is 1. The Morgan fingerprint density at radius 1 is 1.05 bits per heavy atom. The van der Waals surface area contributed by atoms with Crippen molar-refractivity contribution in [3.63, 3.8) is 0 Å². The van der Waals surface area contributed by atoms with Crippen molar-refractivity contribution in [2.75, 3.05) is 5.73 Å². The third-order valence-electron chi connectivity index (χ3n) is 2.79. The van der Waals surface area contributed by atoms with E-state index in [2.05, 4.69) is 4.98 Å². The summed E-state index contributed by atoms with van der Waals surface area (Å²) >= 11 is 0. The summed E-state index contributed by atoms with van der Waals surface area (Å²) < 4.78 is 18.8. The number of para-hydroxylation sites is 1. The van der Waals surface area contributed by atoms with Gasteiger partial charge in [-0.15, -0.1) is 0 Å². The van der Waals surface area contributed by atoms with Gasteiger partial charge in [-0.1, -0.05) is 12.1 Å². The third kappa shape index (κ3) is 2.20. The van der Waals surface area contributed by atoms with Crippen molar-refractivity contribution in [3.05, 3.63) is 60.5 Å². The molecule has 1 aromatic heterocycles. The van der Waals surface area contributed by atoms with Crippen LogP contribution in [0, 0.1) is 5.82 Å². The highest BCUT2D eigenvalue weighted by molar-refractivity contribution is 5.93. The van der Waals surface area contributed by atoms with E-state index >= 15 is 0 Å². The number of hydrogen-bond donors (Lipinski definition) is 1. The summed E-state index contributed by atoms with van der Waals surface area (Å²) in [5, 5.41) is 0.798. The molecule has 0 radical (unpaired) electrons. The number of halogens is 1. The van der Waals surface area contributed by atoms with E-state index in [4.69, 9.17) is 10.5 Å². The van der Waals surface area contributed by atoms with Crippen LogP contribution in [0.25, 0.3) is 10.9 Å². The van der Waals surface area contributed by atoms with Crippen molar-refractivity contribution in [1.29, 1.82) is 0 Å². The van der Waals surface area contributed by atoms with Gasteiger partial charge in [0.2, 0.25) is 0 Å². The minimum atomic E-state index is -0.338. The summed E-state index contributed by atoms with van der Waals surface area (Å²) in [5.41, 5.74) is 7.13. The molecule has 0 bridgehead atoms. The number of aromatic nitrogens is 1. The number of benzene rings is 2. The normalized spacial score (nSPS) is 10.6. The van der Waals surface area contributed by atoms with E-state index in [-0.39, 0.29) is 5.82 Å². The first-order valence-electron chi connectivity index (χ1n) is 5.81. The van der Waals surface area contributed by atoms with E-state index in [1.54, 1.807) is 30.5 Å². The molecule has 0 aliphatic carbocycles. The Morgan fingerprint density at radius 3 is 2.74 bits per heavy atom. The second-order valence-corrected chi connectivity index (χ2v) is 4.11. The number of nitrogens with two attached hydrogens (primary N) is 1. The lowest BCUT2D eigenvalue weighted by molar-refractivity contribution is 0.481. The molecule has 2 N–H and O–H groups in total. The van der Waals surface area contributed by atoms with Gasteiger partial charge in [0.1, 0.15) is 17.3 Å². The first-order valence-corrected chi connectivity index (χ1v) is 5.81. The van der Waals surface area contributed by atoms with Crippen molar-refractivity contribution in [3.8, 4) is 11.5 Å². The van der Waals surface area contributed by atoms with Gasteiger partial charge < -0.3 is 10.5 Å². The van der Waals surface area contributed by atoms with Gasteiger partial charge in [0.25, 0.3) is 0 Å². The smallest absolute Gasteiger partial charge is 0.138 e. The first kappa shape index (κ1) is 11.5. The molecule has 0 aliphatic heterocycles. The zero-order valence-electron chi connectivity index (χ0n) is 10.0. The Balaban J connectivity index is 2.08. The fourth-order valence-corrected chi connectivity index (χ4v) is 1.92. The van der Waals surface area contributed by atoms with Gasteiger partial charge in [-0.05, 0) is 30.3 Å². The summed E-state index contributed by atoms with van der Waals surface area (Å²) in [6, 6.07) is 13.2. The first-order chi connectivity index (χ1) is 9.24. The average Bonchev–Trinajstić information content (AvgIpc) is 2.40. The van der Waals surface area contributed by atoms with Crippen LogP contribution in [0.2, 0.25) is 0 Å². The SMILES string of the molecule is Nc1cccc2c(Oc3cccc(F)c3)ccnc12. The maximum atomic E-state index is 13.1. The quantitative estimate of drug-likeness (QED) is 0.708. The van der Waals surface area contributed by atoms with Crippen LogP contribution in [0.1, 0.15) is 0 Å². The second kappa shape index (κ2) is 4.57. The number of anilines is 1. The molecule has 0 aliphatic rings. The molecule has 0 unspecified atom stereocenters.